The number of nitrogens with one attached hydrogen (secondary N) is 1. The quantitative estimate of drug-likeness (QED) is 0.704. The van der Waals surface area contributed by atoms with Gasteiger partial charge in [0.2, 0.25) is 5.56 Å². The zero-order chi connectivity index (χ0) is 24.4. The van der Waals surface area contributed by atoms with Crippen molar-refractivity contribution in [2.24, 2.45) is 7.05 Å². The number of benzene rings is 1. The molecule has 1 fully saturated rings. The predicted molar refractivity (Wildman–Crippen MR) is 126 cm³/mol. The Morgan fingerprint density at radius 1 is 1.18 bits per heavy atom. The van der Waals surface area contributed by atoms with Crippen LogP contribution < -0.4 is 10.9 Å². The normalized spacial score (nSPS) is 19.6. The van der Waals surface area contributed by atoms with Gasteiger partial charge in [0, 0.05) is 44.2 Å². The van der Waals surface area contributed by atoms with E-state index in [4.69, 9.17) is 9.47 Å². The number of aryl methyl sites for hydroxylation is 1. The lowest BCUT2D eigenvalue weighted by atomic mass is 9.85. The smallest absolute Gasteiger partial charge is 0.410 e. The van der Waals surface area contributed by atoms with Crippen molar-refractivity contribution in [3.05, 3.63) is 58.5 Å². The number of hydrogen-bond acceptors (Lipinski definition) is 5. The van der Waals surface area contributed by atoms with Gasteiger partial charge in [-0.05, 0) is 50.5 Å². The monoisotopic (exact) mass is 455 g/mol. The van der Waals surface area contributed by atoms with Gasteiger partial charge in [-0.25, -0.2) is 9.59 Å². The lowest BCUT2D eigenvalue weighted by Crippen LogP contribution is -2.54. The molecule has 2 atom stereocenters. The summed E-state index contributed by atoms with van der Waals surface area (Å²) in [5.74, 6) is 0. The molecule has 0 radical (unpaired) electrons. The van der Waals surface area contributed by atoms with Crippen molar-refractivity contribution in [1.29, 1.82) is 0 Å². The van der Waals surface area contributed by atoms with Gasteiger partial charge in [0.1, 0.15) is 5.60 Å². The fraction of sp³-hybridized carbons (Fsp3) is 0.480. The maximum Gasteiger partial charge on any atom is 0.410 e. The molecule has 8 heteroatoms. The first-order valence-electron chi connectivity index (χ1n) is 11.1. The highest BCUT2D eigenvalue weighted by Crippen LogP contribution is 2.35. The van der Waals surface area contributed by atoms with Crippen LogP contribution in [-0.4, -0.2) is 46.4 Å². The van der Waals surface area contributed by atoms with Crippen molar-refractivity contribution in [1.82, 2.24) is 14.8 Å². The van der Waals surface area contributed by atoms with E-state index in [1.807, 2.05) is 52.0 Å². The number of pyridine rings is 1. The van der Waals surface area contributed by atoms with Gasteiger partial charge in [0.25, 0.3) is 0 Å². The molecule has 178 valence electrons. The summed E-state index contributed by atoms with van der Waals surface area (Å²) in [5, 5.41) is 2.79. The van der Waals surface area contributed by atoms with Crippen LogP contribution in [0.1, 0.15) is 52.1 Å². The summed E-state index contributed by atoms with van der Waals surface area (Å²) in [6, 6.07) is 11.2. The van der Waals surface area contributed by atoms with Crippen molar-refractivity contribution in [3.63, 3.8) is 0 Å². The van der Waals surface area contributed by atoms with Crippen LogP contribution in [0.15, 0.2) is 47.4 Å². The first kappa shape index (κ1) is 24.4. The number of alkyl carbamates (subject to hydrolysis) is 1. The second-order valence-electron chi connectivity index (χ2n) is 9.60. The number of cyclic esters (lactones) is 1. The Morgan fingerprint density at radius 3 is 2.39 bits per heavy atom. The van der Waals surface area contributed by atoms with E-state index in [0.717, 1.165) is 16.7 Å². The van der Waals surface area contributed by atoms with E-state index in [-0.39, 0.29) is 17.7 Å². The molecule has 1 saturated heterocycles. The van der Waals surface area contributed by atoms with Crippen LogP contribution in [0, 0.1) is 0 Å². The maximum atomic E-state index is 12.9. The molecule has 2 amide bonds. The fourth-order valence-corrected chi connectivity index (χ4v) is 4.45. The summed E-state index contributed by atoms with van der Waals surface area (Å²) in [6.45, 7) is 8.19. The molecule has 1 aliphatic heterocycles. The SMILES string of the molecule is COC(=O)NC(C)(C)C[C@]1(C)CCN([C@@H](C)c2ccc(-c3ccc(=O)n(C)c3)cc2)C(=O)O1. The van der Waals surface area contributed by atoms with Crippen molar-refractivity contribution in [2.45, 2.75) is 57.7 Å². The lowest BCUT2D eigenvalue weighted by molar-refractivity contribution is -0.0599. The Bertz CT molecular complexity index is 1080. The van der Waals surface area contributed by atoms with Crippen LogP contribution in [0.2, 0.25) is 0 Å². The summed E-state index contributed by atoms with van der Waals surface area (Å²) in [7, 11) is 3.05. The number of rotatable bonds is 6. The summed E-state index contributed by atoms with van der Waals surface area (Å²) in [4.78, 5) is 37.9. The molecule has 0 bridgehead atoms. The number of carbonyl (C=O) groups excluding carboxylic acids is 2. The molecule has 0 spiro atoms. The van der Waals surface area contributed by atoms with Gasteiger partial charge in [0.15, 0.2) is 0 Å². The van der Waals surface area contributed by atoms with Crippen molar-refractivity contribution in [2.75, 3.05) is 13.7 Å². The molecule has 1 aromatic heterocycles. The summed E-state index contributed by atoms with van der Waals surface area (Å²) in [6.07, 6.45) is 2.04. The van der Waals surface area contributed by atoms with Crippen molar-refractivity contribution in [3.8, 4) is 11.1 Å². The van der Waals surface area contributed by atoms with Gasteiger partial charge >= 0.3 is 12.2 Å². The Kier molecular flexibility index (Phi) is 6.86. The molecule has 1 aromatic carbocycles. The Morgan fingerprint density at radius 2 is 1.82 bits per heavy atom. The molecule has 8 nitrogen and oxygen atoms in total. The van der Waals surface area contributed by atoms with Crippen LogP contribution in [0.4, 0.5) is 9.59 Å². The number of nitrogens with zero attached hydrogens (tertiary/aromatic N) is 2. The van der Waals surface area contributed by atoms with Crippen LogP contribution in [-0.2, 0) is 16.5 Å². The molecule has 1 aliphatic rings. The van der Waals surface area contributed by atoms with Crippen LogP contribution in [0.5, 0.6) is 0 Å². The predicted octanol–water partition coefficient (Wildman–Crippen LogP) is 4.24. The molecular formula is C25H33N3O5. The van der Waals surface area contributed by atoms with Crippen LogP contribution in [0.3, 0.4) is 0 Å². The van der Waals surface area contributed by atoms with E-state index in [2.05, 4.69) is 5.32 Å². The molecular weight excluding hydrogens is 422 g/mol. The fourth-order valence-electron chi connectivity index (χ4n) is 4.45. The molecule has 0 saturated carbocycles. The number of aromatic nitrogens is 1. The van der Waals surface area contributed by atoms with Crippen LogP contribution in [0.25, 0.3) is 11.1 Å². The van der Waals surface area contributed by atoms with Crippen LogP contribution >= 0.6 is 0 Å². The molecule has 2 heterocycles. The molecule has 3 rings (SSSR count). The third-order valence-corrected chi connectivity index (χ3v) is 6.17. The van der Waals surface area contributed by atoms with E-state index in [9.17, 15) is 14.4 Å². The zero-order valence-corrected chi connectivity index (χ0v) is 20.2. The molecule has 2 aromatic rings. The first-order valence-corrected chi connectivity index (χ1v) is 11.1. The van der Waals surface area contributed by atoms with Gasteiger partial charge in [-0.15, -0.1) is 0 Å². The van der Waals surface area contributed by atoms with Crippen molar-refractivity contribution >= 4 is 12.2 Å². The molecule has 0 unspecified atom stereocenters. The Labute approximate surface area is 194 Å². The van der Waals surface area contributed by atoms with Gasteiger partial charge in [-0.2, -0.15) is 0 Å². The average Bonchev–Trinajstić information content (AvgIpc) is 2.74. The average molecular weight is 456 g/mol. The zero-order valence-electron chi connectivity index (χ0n) is 20.2. The number of hydrogen-bond donors (Lipinski definition) is 1. The largest absolute Gasteiger partial charge is 0.453 e. The molecule has 0 aliphatic carbocycles. The van der Waals surface area contributed by atoms with E-state index in [1.165, 1.54) is 7.11 Å². The van der Waals surface area contributed by atoms with Gasteiger partial charge in [-0.3, -0.25) is 4.79 Å². The summed E-state index contributed by atoms with van der Waals surface area (Å²) < 4.78 is 12.1. The highest BCUT2D eigenvalue weighted by molar-refractivity contribution is 5.70. The topological polar surface area (TPSA) is 89.9 Å². The third-order valence-electron chi connectivity index (χ3n) is 6.17. The minimum absolute atomic E-state index is 0.0518. The number of carbonyl (C=O) groups is 2. The van der Waals surface area contributed by atoms with E-state index >= 15 is 0 Å². The molecule has 1 N–H and O–H groups in total. The number of ether oxygens (including phenoxy) is 2. The minimum Gasteiger partial charge on any atom is -0.453 e. The molecule has 33 heavy (non-hydrogen) atoms. The minimum atomic E-state index is -0.690. The highest BCUT2D eigenvalue weighted by Gasteiger charge is 2.42. The van der Waals surface area contributed by atoms with E-state index in [1.54, 1.807) is 34.8 Å². The second-order valence-corrected chi connectivity index (χ2v) is 9.60. The summed E-state index contributed by atoms with van der Waals surface area (Å²) >= 11 is 0. The number of methoxy groups -OCH3 is 1. The van der Waals surface area contributed by atoms with Gasteiger partial charge in [-0.1, -0.05) is 24.3 Å². The van der Waals surface area contributed by atoms with Crippen molar-refractivity contribution < 1.29 is 19.1 Å². The third kappa shape index (κ3) is 5.74. The first-order chi connectivity index (χ1) is 15.4. The van der Waals surface area contributed by atoms with E-state index < -0.39 is 17.2 Å². The standard InChI is InChI=1S/C25H33N3O5/c1-17(18-7-9-19(10-8-18)20-11-12-21(29)27(5)15-20)28-14-13-25(4,33-23(28)31)16-24(2,3)26-22(30)32-6/h7-12,15,17H,13-14,16H2,1-6H3,(H,26,30)/t17-,25-/m0/s1. The maximum absolute atomic E-state index is 12.9. The summed E-state index contributed by atoms with van der Waals surface area (Å²) in [5.41, 5.74) is 1.61. The van der Waals surface area contributed by atoms with Gasteiger partial charge in [0.05, 0.1) is 13.2 Å². The highest BCUT2D eigenvalue weighted by atomic mass is 16.6. The second kappa shape index (κ2) is 9.29. The Balaban J connectivity index is 1.67. The number of amides is 2. The lowest BCUT2D eigenvalue weighted by Gasteiger charge is -2.44. The van der Waals surface area contributed by atoms with E-state index in [0.29, 0.717) is 19.4 Å². The Hall–Kier alpha value is -3.29. The van der Waals surface area contributed by atoms with Gasteiger partial charge < -0.3 is 24.3 Å².